The lowest BCUT2D eigenvalue weighted by Gasteiger charge is -2.27. The molecule has 0 radical (unpaired) electrons. The molecule has 0 saturated heterocycles. The van der Waals surface area contributed by atoms with Crippen LogP contribution in [0.25, 0.3) is 0 Å². The normalized spacial score (nSPS) is 17.0. The Balaban J connectivity index is 1.77. The minimum atomic E-state index is 0.655. The molecule has 1 aliphatic carbocycles. The lowest BCUT2D eigenvalue weighted by Crippen LogP contribution is -2.29. The maximum Gasteiger partial charge on any atom is 0.0180 e. The van der Waals surface area contributed by atoms with Gasteiger partial charge in [0.2, 0.25) is 0 Å². The van der Waals surface area contributed by atoms with Crippen molar-refractivity contribution in [2.24, 2.45) is 11.7 Å². The molecule has 0 amide bonds. The summed E-state index contributed by atoms with van der Waals surface area (Å²) in [5.41, 5.74) is 8.51. The van der Waals surface area contributed by atoms with Crippen molar-refractivity contribution in [2.75, 3.05) is 20.1 Å². The first-order chi connectivity index (χ1) is 9.29. The van der Waals surface area contributed by atoms with Gasteiger partial charge < -0.3 is 10.6 Å². The van der Waals surface area contributed by atoms with E-state index in [0.29, 0.717) is 6.54 Å². The van der Waals surface area contributed by atoms with Gasteiger partial charge in [-0.15, -0.1) is 0 Å². The standard InChI is InChI=1S/C17H28N2/c1-19(14-15-7-3-2-4-8-15)12-11-16-9-5-6-10-17(16)13-18/h5-6,9-10,15H,2-4,7-8,11-14,18H2,1H3. The molecular weight excluding hydrogens is 232 g/mol. The zero-order valence-electron chi connectivity index (χ0n) is 12.3. The number of nitrogens with zero attached hydrogens (tertiary/aromatic N) is 1. The Hall–Kier alpha value is -0.860. The molecule has 19 heavy (non-hydrogen) atoms. The summed E-state index contributed by atoms with van der Waals surface area (Å²) < 4.78 is 0. The Morgan fingerprint density at radius 3 is 2.47 bits per heavy atom. The van der Waals surface area contributed by atoms with Crippen LogP contribution in [0.5, 0.6) is 0 Å². The zero-order valence-corrected chi connectivity index (χ0v) is 12.3. The monoisotopic (exact) mass is 260 g/mol. The van der Waals surface area contributed by atoms with E-state index in [0.717, 1.165) is 18.9 Å². The second kappa shape index (κ2) is 7.66. The molecule has 1 aliphatic rings. The lowest BCUT2D eigenvalue weighted by molar-refractivity contribution is 0.235. The fourth-order valence-corrected chi connectivity index (χ4v) is 3.21. The first kappa shape index (κ1) is 14.5. The molecule has 106 valence electrons. The molecule has 0 heterocycles. The summed E-state index contributed by atoms with van der Waals surface area (Å²) in [6.45, 7) is 3.07. The van der Waals surface area contributed by atoms with Crippen LogP contribution >= 0.6 is 0 Å². The van der Waals surface area contributed by atoms with Crippen molar-refractivity contribution < 1.29 is 0 Å². The lowest BCUT2D eigenvalue weighted by atomic mass is 9.89. The Morgan fingerprint density at radius 2 is 1.79 bits per heavy atom. The van der Waals surface area contributed by atoms with Gasteiger partial charge in [0.1, 0.15) is 0 Å². The van der Waals surface area contributed by atoms with E-state index in [1.807, 2.05) is 0 Å². The summed E-state index contributed by atoms with van der Waals surface area (Å²) in [6, 6.07) is 8.57. The van der Waals surface area contributed by atoms with Crippen LogP contribution in [0.3, 0.4) is 0 Å². The number of hydrogen-bond acceptors (Lipinski definition) is 2. The first-order valence-corrected chi connectivity index (χ1v) is 7.75. The molecule has 1 aromatic carbocycles. The topological polar surface area (TPSA) is 29.3 Å². The molecule has 0 aromatic heterocycles. The maximum atomic E-state index is 5.79. The van der Waals surface area contributed by atoms with Crippen LogP contribution in [0.2, 0.25) is 0 Å². The van der Waals surface area contributed by atoms with Gasteiger partial charge in [0, 0.05) is 19.6 Å². The van der Waals surface area contributed by atoms with Gasteiger partial charge in [0.25, 0.3) is 0 Å². The van der Waals surface area contributed by atoms with Gasteiger partial charge in [-0.2, -0.15) is 0 Å². The van der Waals surface area contributed by atoms with E-state index in [2.05, 4.69) is 36.2 Å². The van der Waals surface area contributed by atoms with Crippen molar-refractivity contribution in [1.29, 1.82) is 0 Å². The summed E-state index contributed by atoms with van der Waals surface area (Å²) in [6.07, 6.45) is 8.32. The third-order valence-electron chi connectivity index (χ3n) is 4.40. The molecule has 0 bridgehead atoms. The molecule has 0 atom stereocenters. The number of likely N-dealkylation sites (N-methyl/N-ethyl adjacent to an activating group) is 1. The van der Waals surface area contributed by atoms with Crippen LogP contribution < -0.4 is 5.73 Å². The number of hydrogen-bond donors (Lipinski definition) is 1. The van der Waals surface area contributed by atoms with Crippen LogP contribution in [0.1, 0.15) is 43.2 Å². The van der Waals surface area contributed by atoms with Gasteiger partial charge in [-0.3, -0.25) is 0 Å². The predicted molar refractivity (Wildman–Crippen MR) is 82.1 cm³/mol. The van der Waals surface area contributed by atoms with E-state index >= 15 is 0 Å². The number of benzene rings is 1. The van der Waals surface area contributed by atoms with E-state index in [1.165, 1.54) is 49.8 Å². The summed E-state index contributed by atoms with van der Waals surface area (Å²) in [5, 5.41) is 0. The van der Waals surface area contributed by atoms with Crippen molar-refractivity contribution in [3.63, 3.8) is 0 Å². The molecule has 1 aromatic rings. The van der Waals surface area contributed by atoms with E-state index in [1.54, 1.807) is 0 Å². The van der Waals surface area contributed by atoms with Crippen LogP contribution in [0, 0.1) is 5.92 Å². The molecule has 1 fully saturated rings. The average Bonchev–Trinajstić information content (AvgIpc) is 2.46. The van der Waals surface area contributed by atoms with Crippen LogP contribution in [0.4, 0.5) is 0 Å². The van der Waals surface area contributed by atoms with Crippen LogP contribution in [-0.4, -0.2) is 25.0 Å². The molecule has 2 rings (SSSR count). The Labute approximate surface area is 118 Å². The molecule has 1 saturated carbocycles. The van der Waals surface area contributed by atoms with Crippen LogP contribution in [-0.2, 0) is 13.0 Å². The fourth-order valence-electron chi connectivity index (χ4n) is 3.21. The minimum Gasteiger partial charge on any atom is -0.326 e. The zero-order chi connectivity index (χ0) is 13.5. The van der Waals surface area contributed by atoms with E-state index in [4.69, 9.17) is 5.73 Å². The van der Waals surface area contributed by atoms with Crippen molar-refractivity contribution in [1.82, 2.24) is 4.90 Å². The van der Waals surface area contributed by atoms with Crippen LogP contribution in [0.15, 0.2) is 24.3 Å². The second-order valence-corrected chi connectivity index (χ2v) is 5.99. The minimum absolute atomic E-state index is 0.655. The summed E-state index contributed by atoms with van der Waals surface area (Å²) >= 11 is 0. The van der Waals surface area contributed by atoms with Gasteiger partial charge in [-0.05, 0) is 43.4 Å². The fraction of sp³-hybridized carbons (Fsp3) is 0.647. The summed E-state index contributed by atoms with van der Waals surface area (Å²) in [4.78, 5) is 2.50. The molecular formula is C17H28N2. The summed E-state index contributed by atoms with van der Waals surface area (Å²) in [5.74, 6) is 0.934. The molecule has 2 heteroatoms. The van der Waals surface area contributed by atoms with E-state index in [-0.39, 0.29) is 0 Å². The molecule has 2 nitrogen and oxygen atoms in total. The highest BCUT2D eigenvalue weighted by Gasteiger charge is 2.15. The van der Waals surface area contributed by atoms with Gasteiger partial charge in [-0.1, -0.05) is 43.5 Å². The van der Waals surface area contributed by atoms with E-state index < -0.39 is 0 Å². The largest absolute Gasteiger partial charge is 0.326 e. The van der Waals surface area contributed by atoms with Gasteiger partial charge in [0.05, 0.1) is 0 Å². The number of nitrogens with two attached hydrogens (primary N) is 1. The predicted octanol–water partition coefficient (Wildman–Crippen LogP) is 3.20. The Bertz CT molecular complexity index is 369. The SMILES string of the molecule is CN(CCc1ccccc1CN)CC1CCCCC1. The molecule has 0 spiro atoms. The average molecular weight is 260 g/mol. The Morgan fingerprint density at radius 1 is 1.11 bits per heavy atom. The van der Waals surface area contributed by atoms with E-state index in [9.17, 15) is 0 Å². The van der Waals surface area contributed by atoms with Gasteiger partial charge in [-0.25, -0.2) is 0 Å². The quantitative estimate of drug-likeness (QED) is 0.851. The smallest absolute Gasteiger partial charge is 0.0180 e. The van der Waals surface area contributed by atoms with Crippen molar-refractivity contribution in [3.8, 4) is 0 Å². The maximum absolute atomic E-state index is 5.79. The second-order valence-electron chi connectivity index (χ2n) is 5.99. The van der Waals surface area contributed by atoms with Crippen molar-refractivity contribution in [2.45, 2.75) is 45.1 Å². The highest BCUT2D eigenvalue weighted by atomic mass is 15.1. The third-order valence-corrected chi connectivity index (χ3v) is 4.40. The molecule has 2 N–H and O–H groups in total. The third kappa shape index (κ3) is 4.63. The van der Waals surface area contributed by atoms with Crippen molar-refractivity contribution >= 4 is 0 Å². The Kier molecular flexibility index (Phi) is 5.87. The van der Waals surface area contributed by atoms with Gasteiger partial charge in [0.15, 0.2) is 0 Å². The molecule has 0 aliphatic heterocycles. The first-order valence-electron chi connectivity index (χ1n) is 7.75. The highest BCUT2D eigenvalue weighted by Crippen LogP contribution is 2.24. The highest BCUT2D eigenvalue weighted by molar-refractivity contribution is 5.27. The van der Waals surface area contributed by atoms with Crippen molar-refractivity contribution in [3.05, 3.63) is 35.4 Å². The number of rotatable bonds is 6. The van der Waals surface area contributed by atoms with Gasteiger partial charge >= 0.3 is 0 Å². The molecule has 0 unspecified atom stereocenters. The summed E-state index contributed by atoms with van der Waals surface area (Å²) in [7, 11) is 2.26.